The zero-order valence-corrected chi connectivity index (χ0v) is 12.1. The van der Waals surface area contributed by atoms with E-state index in [1.54, 1.807) is 24.3 Å². The van der Waals surface area contributed by atoms with Crippen LogP contribution in [0.5, 0.6) is 5.75 Å². The van der Waals surface area contributed by atoms with Gasteiger partial charge in [-0.25, -0.2) is 9.59 Å². The molecule has 7 nitrogen and oxygen atoms in total. The lowest BCUT2D eigenvalue weighted by Gasteiger charge is -2.29. The molecule has 114 valence electrons. The van der Waals surface area contributed by atoms with Crippen LogP contribution in [0.3, 0.4) is 0 Å². The van der Waals surface area contributed by atoms with E-state index in [4.69, 9.17) is 19.5 Å². The van der Waals surface area contributed by atoms with Gasteiger partial charge in [-0.15, -0.1) is 0 Å². The quantitative estimate of drug-likeness (QED) is 0.513. The number of hydrogen-bond acceptors (Lipinski definition) is 7. The summed E-state index contributed by atoms with van der Waals surface area (Å²) in [5.74, 6) is -2.30. The van der Waals surface area contributed by atoms with Crippen molar-refractivity contribution in [1.82, 2.24) is 0 Å². The van der Waals surface area contributed by atoms with E-state index >= 15 is 0 Å². The Morgan fingerprint density at radius 3 is 2.64 bits per heavy atom. The van der Waals surface area contributed by atoms with Crippen LogP contribution in [-0.2, 0) is 19.1 Å². The number of rotatable bonds is 4. The number of ether oxygens (including phenoxy) is 3. The minimum absolute atomic E-state index is 0.0712. The largest absolute Gasteiger partial charge is 0.479 e. The molecule has 1 aromatic carbocycles. The van der Waals surface area contributed by atoms with E-state index in [0.29, 0.717) is 11.4 Å². The predicted molar refractivity (Wildman–Crippen MR) is 75.5 cm³/mol. The molecule has 1 saturated heterocycles. The number of anilines is 1. The van der Waals surface area contributed by atoms with Crippen molar-refractivity contribution in [1.29, 1.82) is 5.26 Å². The van der Waals surface area contributed by atoms with Gasteiger partial charge in [0.2, 0.25) is 0 Å². The summed E-state index contributed by atoms with van der Waals surface area (Å²) in [6, 6.07) is 8.58. The second-order valence-electron chi connectivity index (χ2n) is 4.86. The van der Waals surface area contributed by atoms with E-state index in [-0.39, 0.29) is 12.2 Å². The SMILES string of the molecule is CC1(C)OC(=O)C(=CNc2cccc(OCC#N)c2)C(=O)O1. The van der Waals surface area contributed by atoms with E-state index < -0.39 is 17.7 Å². The van der Waals surface area contributed by atoms with Gasteiger partial charge in [0.25, 0.3) is 5.79 Å². The summed E-state index contributed by atoms with van der Waals surface area (Å²) in [7, 11) is 0. The van der Waals surface area contributed by atoms with Crippen LogP contribution in [0, 0.1) is 11.3 Å². The summed E-state index contributed by atoms with van der Waals surface area (Å²) in [4.78, 5) is 23.5. The summed E-state index contributed by atoms with van der Waals surface area (Å²) in [5.41, 5.74) is 0.344. The molecule has 0 unspecified atom stereocenters. The number of cyclic esters (lactones) is 2. The van der Waals surface area contributed by atoms with Crippen LogP contribution < -0.4 is 10.1 Å². The van der Waals surface area contributed by atoms with Gasteiger partial charge in [-0.3, -0.25) is 0 Å². The molecular formula is C15H14N2O5. The van der Waals surface area contributed by atoms with Gasteiger partial charge in [0.1, 0.15) is 11.8 Å². The Morgan fingerprint density at radius 2 is 2.00 bits per heavy atom. The van der Waals surface area contributed by atoms with Gasteiger partial charge < -0.3 is 19.5 Å². The summed E-state index contributed by atoms with van der Waals surface area (Å²) >= 11 is 0. The van der Waals surface area contributed by atoms with Gasteiger partial charge in [-0.05, 0) is 12.1 Å². The van der Waals surface area contributed by atoms with Gasteiger partial charge in [0, 0.05) is 31.8 Å². The molecule has 0 spiro atoms. The third kappa shape index (κ3) is 3.76. The summed E-state index contributed by atoms with van der Waals surface area (Å²) < 4.78 is 15.1. The smallest absolute Gasteiger partial charge is 0.350 e. The number of carbonyl (C=O) groups excluding carboxylic acids is 2. The summed E-state index contributed by atoms with van der Waals surface area (Å²) in [5, 5.41) is 11.3. The second-order valence-corrected chi connectivity index (χ2v) is 4.86. The first kappa shape index (κ1) is 15.4. The topological polar surface area (TPSA) is 97.6 Å². The normalized spacial score (nSPS) is 16.1. The lowest BCUT2D eigenvalue weighted by Crippen LogP contribution is -2.42. The molecule has 0 radical (unpaired) electrons. The molecule has 0 bridgehead atoms. The highest BCUT2D eigenvalue weighted by molar-refractivity contribution is 6.15. The maximum Gasteiger partial charge on any atom is 0.350 e. The van der Waals surface area contributed by atoms with Gasteiger partial charge in [-0.2, -0.15) is 5.26 Å². The van der Waals surface area contributed by atoms with Crippen molar-refractivity contribution in [3.8, 4) is 11.8 Å². The lowest BCUT2D eigenvalue weighted by molar-refractivity contribution is -0.222. The van der Waals surface area contributed by atoms with E-state index in [2.05, 4.69) is 5.32 Å². The average molecular weight is 302 g/mol. The Labute approximate surface area is 127 Å². The van der Waals surface area contributed by atoms with Gasteiger partial charge in [0.05, 0.1) is 0 Å². The monoisotopic (exact) mass is 302 g/mol. The molecule has 7 heteroatoms. The van der Waals surface area contributed by atoms with Crippen LogP contribution in [0.25, 0.3) is 0 Å². The third-order valence-corrected chi connectivity index (χ3v) is 2.64. The molecule has 1 aliphatic heterocycles. The van der Waals surface area contributed by atoms with Crippen LogP contribution in [0.1, 0.15) is 13.8 Å². The van der Waals surface area contributed by atoms with Crippen molar-refractivity contribution in [2.75, 3.05) is 11.9 Å². The third-order valence-electron chi connectivity index (χ3n) is 2.64. The average Bonchev–Trinajstić information content (AvgIpc) is 2.43. The molecule has 1 heterocycles. The molecule has 0 aliphatic carbocycles. The Morgan fingerprint density at radius 1 is 1.32 bits per heavy atom. The molecule has 2 rings (SSSR count). The highest BCUT2D eigenvalue weighted by Crippen LogP contribution is 2.23. The maximum absolute atomic E-state index is 11.8. The van der Waals surface area contributed by atoms with Crippen LogP contribution >= 0.6 is 0 Å². The van der Waals surface area contributed by atoms with Gasteiger partial charge in [0.15, 0.2) is 12.2 Å². The molecule has 0 atom stereocenters. The Kier molecular flexibility index (Phi) is 4.32. The van der Waals surface area contributed by atoms with Crippen LogP contribution in [0.15, 0.2) is 36.0 Å². The zero-order valence-electron chi connectivity index (χ0n) is 12.1. The van der Waals surface area contributed by atoms with Crippen molar-refractivity contribution in [3.05, 3.63) is 36.0 Å². The number of carbonyl (C=O) groups is 2. The fourth-order valence-corrected chi connectivity index (χ4v) is 1.73. The zero-order chi connectivity index (χ0) is 16.2. The fraction of sp³-hybridized carbons (Fsp3) is 0.267. The van der Waals surface area contributed by atoms with E-state index in [1.165, 1.54) is 20.0 Å². The molecule has 22 heavy (non-hydrogen) atoms. The van der Waals surface area contributed by atoms with Crippen molar-refractivity contribution < 1.29 is 23.8 Å². The molecule has 1 aliphatic rings. The van der Waals surface area contributed by atoms with Crippen molar-refractivity contribution in [3.63, 3.8) is 0 Å². The first-order valence-electron chi connectivity index (χ1n) is 6.44. The Hall–Kier alpha value is -3.01. The molecule has 0 amide bonds. The molecule has 1 N–H and O–H groups in total. The molecule has 0 aromatic heterocycles. The molecular weight excluding hydrogens is 288 g/mol. The first-order chi connectivity index (χ1) is 10.4. The minimum atomic E-state index is -1.27. The Bertz CT molecular complexity index is 651. The van der Waals surface area contributed by atoms with E-state index in [0.717, 1.165) is 0 Å². The highest BCUT2D eigenvalue weighted by atomic mass is 16.7. The van der Waals surface area contributed by atoms with Gasteiger partial charge in [-0.1, -0.05) is 6.07 Å². The maximum atomic E-state index is 11.8. The second kappa shape index (κ2) is 6.18. The van der Waals surface area contributed by atoms with Crippen LogP contribution in [-0.4, -0.2) is 24.3 Å². The number of nitriles is 1. The Balaban J connectivity index is 2.10. The van der Waals surface area contributed by atoms with E-state index in [1.807, 2.05) is 6.07 Å². The summed E-state index contributed by atoms with van der Waals surface area (Å²) in [6.45, 7) is 2.88. The molecule has 1 fully saturated rings. The van der Waals surface area contributed by atoms with Crippen LogP contribution in [0.4, 0.5) is 5.69 Å². The number of nitrogens with zero attached hydrogens (tertiary/aromatic N) is 1. The number of esters is 2. The first-order valence-corrected chi connectivity index (χ1v) is 6.44. The number of hydrogen-bond donors (Lipinski definition) is 1. The van der Waals surface area contributed by atoms with Crippen molar-refractivity contribution in [2.45, 2.75) is 19.6 Å². The molecule has 0 saturated carbocycles. The van der Waals surface area contributed by atoms with Crippen molar-refractivity contribution in [2.24, 2.45) is 0 Å². The highest BCUT2D eigenvalue weighted by Gasteiger charge is 2.38. The number of nitrogens with one attached hydrogen (secondary N) is 1. The van der Waals surface area contributed by atoms with Crippen LogP contribution in [0.2, 0.25) is 0 Å². The summed E-state index contributed by atoms with van der Waals surface area (Å²) in [6.07, 6.45) is 1.21. The van der Waals surface area contributed by atoms with Crippen molar-refractivity contribution >= 4 is 17.6 Å². The minimum Gasteiger partial charge on any atom is -0.479 e. The predicted octanol–water partition coefficient (Wildman–Crippen LogP) is 1.72. The standard InChI is InChI=1S/C15H14N2O5/c1-15(2)21-13(18)12(14(19)22-15)9-17-10-4-3-5-11(8-10)20-7-6-16/h3-5,8-9,17H,7H2,1-2H3. The molecule has 1 aromatic rings. The van der Waals surface area contributed by atoms with Gasteiger partial charge >= 0.3 is 11.9 Å². The van der Waals surface area contributed by atoms with E-state index in [9.17, 15) is 9.59 Å². The fourth-order valence-electron chi connectivity index (χ4n) is 1.73. The number of benzene rings is 1. The lowest BCUT2D eigenvalue weighted by atomic mass is 10.2.